The van der Waals surface area contributed by atoms with Crippen LogP contribution in [0.2, 0.25) is 5.02 Å². The number of nitrogens with one attached hydrogen (secondary N) is 1. The van der Waals surface area contributed by atoms with Crippen LogP contribution in [0.15, 0.2) is 36.4 Å². The molecular weight excluding hydrogens is 392 g/mol. The van der Waals surface area contributed by atoms with Crippen molar-refractivity contribution in [3.8, 4) is 11.5 Å². The fourth-order valence-electron chi connectivity index (χ4n) is 2.96. The molecule has 4 nitrogen and oxygen atoms in total. The third-order valence-corrected chi connectivity index (χ3v) is 4.62. The highest BCUT2D eigenvalue weighted by atomic mass is 35.5. The second-order valence-corrected chi connectivity index (χ2v) is 6.66. The van der Waals surface area contributed by atoms with E-state index in [0.29, 0.717) is 28.6 Å². The van der Waals surface area contributed by atoms with E-state index in [1.807, 2.05) is 12.1 Å². The van der Waals surface area contributed by atoms with Gasteiger partial charge in [-0.3, -0.25) is 0 Å². The quantitative estimate of drug-likeness (QED) is 0.707. The highest BCUT2D eigenvalue weighted by Crippen LogP contribution is 2.37. The highest BCUT2D eigenvalue weighted by Gasteiger charge is 2.16. The largest absolute Gasteiger partial charge is 1.00 e. The van der Waals surface area contributed by atoms with Crippen LogP contribution >= 0.6 is 11.6 Å². The monoisotopic (exact) mass is 414 g/mol. The maximum Gasteiger partial charge on any atom is 0.180 e. The lowest BCUT2D eigenvalue weighted by Gasteiger charge is -2.15. The van der Waals surface area contributed by atoms with E-state index in [2.05, 4.69) is 5.32 Å². The molecular formula is C20H23Cl2FNO3-. The zero-order valence-corrected chi connectivity index (χ0v) is 16.7. The molecule has 0 aliphatic carbocycles. The molecule has 0 saturated carbocycles. The van der Waals surface area contributed by atoms with Crippen LogP contribution in [-0.2, 0) is 17.9 Å². The van der Waals surface area contributed by atoms with E-state index in [-0.39, 0.29) is 30.9 Å². The van der Waals surface area contributed by atoms with Crippen molar-refractivity contribution in [3.63, 3.8) is 0 Å². The molecule has 0 radical (unpaired) electrons. The van der Waals surface area contributed by atoms with Crippen molar-refractivity contribution >= 4 is 11.6 Å². The van der Waals surface area contributed by atoms with E-state index in [4.69, 9.17) is 25.8 Å². The number of hydrogen-bond acceptors (Lipinski definition) is 4. The van der Waals surface area contributed by atoms with Crippen LogP contribution in [0.1, 0.15) is 24.0 Å². The Bertz CT molecular complexity index is 739. The Morgan fingerprint density at radius 3 is 2.81 bits per heavy atom. The van der Waals surface area contributed by atoms with Crippen LogP contribution < -0.4 is 27.2 Å². The van der Waals surface area contributed by atoms with Gasteiger partial charge in [-0.05, 0) is 36.6 Å². The van der Waals surface area contributed by atoms with Gasteiger partial charge in [-0.1, -0.05) is 29.8 Å². The average molecular weight is 415 g/mol. The van der Waals surface area contributed by atoms with Gasteiger partial charge in [0.2, 0.25) is 0 Å². The van der Waals surface area contributed by atoms with E-state index >= 15 is 0 Å². The normalized spacial score (nSPS) is 16.0. The van der Waals surface area contributed by atoms with Crippen LogP contribution in [0.3, 0.4) is 0 Å². The Morgan fingerprint density at radius 2 is 2.11 bits per heavy atom. The number of methoxy groups -OCH3 is 1. The first kappa shape index (κ1) is 21.8. The molecule has 27 heavy (non-hydrogen) atoms. The van der Waals surface area contributed by atoms with E-state index in [1.165, 1.54) is 6.07 Å². The zero-order valence-electron chi connectivity index (χ0n) is 15.1. The second kappa shape index (κ2) is 10.7. The Morgan fingerprint density at radius 1 is 1.30 bits per heavy atom. The molecule has 1 aliphatic rings. The number of benzene rings is 2. The minimum Gasteiger partial charge on any atom is -1.00 e. The van der Waals surface area contributed by atoms with Crippen molar-refractivity contribution < 1.29 is 31.0 Å². The molecule has 1 fully saturated rings. The summed E-state index contributed by atoms with van der Waals surface area (Å²) in [6.45, 7) is 2.40. The maximum atomic E-state index is 13.7. The van der Waals surface area contributed by atoms with Gasteiger partial charge < -0.3 is 31.9 Å². The van der Waals surface area contributed by atoms with Crippen molar-refractivity contribution in [1.29, 1.82) is 0 Å². The number of halogens is 3. The Labute approximate surface area is 170 Å². The molecule has 0 spiro atoms. The average Bonchev–Trinajstić information content (AvgIpc) is 3.15. The molecule has 0 bridgehead atoms. The Balaban J connectivity index is 0.00000261. The molecule has 1 saturated heterocycles. The fraction of sp³-hybridized carbons (Fsp3) is 0.400. The lowest BCUT2D eigenvalue weighted by molar-refractivity contribution is -0.00000769. The first-order valence-electron chi connectivity index (χ1n) is 8.72. The third-order valence-electron chi connectivity index (χ3n) is 4.34. The predicted molar refractivity (Wildman–Crippen MR) is 99.4 cm³/mol. The van der Waals surface area contributed by atoms with Gasteiger partial charge in [0.15, 0.2) is 11.5 Å². The molecule has 7 heteroatoms. The van der Waals surface area contributed by atoms with Gasteiger partial charge in [0.05, 0.1) is 18.2 Å². The summed E-state index contributed by atoms with van der Waals surface area (Å²) < 4.78 is 30.5. The SMILES string of the molecule is COc1cc(CNCC2CCCO2)cc(Cl)c1OCc1ccccc1F.[Cl-]. The van der Waals surface area contributed by atoms with Gasteiger partial charge in [0.25, 0.3) is 0 Å². The van der Waals surface area contributed by atoms with Crippen LogP contribution in [0.4, 0.5) is 4.39 Å². The van der Waals surface area contributed by atoms with Gasteiger partial charge in [0, 0.05) is 25.3 Å². The summed E-state index contributed by atoms with van der Waals surface area (Å²) in [7, 11) is 1.56. The highest BCUT2D eigenvalue weighted by molar-refractivity contribution is 6.32. The van der Waals surface area contributed by atoms with Gasteiger partial charge in [-0.15, -0.1) is 0 Å². The zero-order chi connectivity index (χ0) is 18.4. The smallest absolute Gasteiger partial charge is 0.180 e. The van der Waals surface area contributed by atoms with Crippen molar-refractivity contribution in [2.45, 2.75) is 32.1 Å². The van der Waals surface area contributed by atoms with E-state index < -0.39 is 0 Å². The van der Waals surface area contributed by atoms with Crippen LogP contribution in [0.5, 0.6) is 11.5 Å². The molecule has 0 aromatic heterocycles. The summed E-state index contributed by atoms with van der Waals surface area (Å²) in [6.07, 6.45) is 2.51. The van der Waals surface area contributed by atoms with E-state index in [0.717, 1.165) is 31.6 Å². The summed E-state index contributed by atoms with van der Waals surface area (Å²) >= 11 is 6.37. The molecule has 1 N–H and O–H groups in total. The standard InChI is InChI=1S/C20H23ClFNO3.ClH/c1-24-19-10-14(11-23-12-16-6-4-8-25-16)9-17(21)20(19)26-13-15-5-2-3-7-18(15)22;/h2-3,5,7,9-10,16,23H,4,6,8,11-13H2,1H3;1H/p-1. The molecule has 1 atom stereocenters. The Hall–Kier alpha value is -1.53. The Kier molecular flexibility index (Phi) is 8.64. The maximum absolute atomic E-state index is 13.7. The summed E-state index contributed by atoms with van der Waals surface area (Å²) in [5.41, 5.74) is 1.45. The van der Waals surface area contributed by atoms with Crippen LogP contribution in [0.25, 0.3) is 0 Å². The second-order valence-electron chi connectivity index (χ2n) is 6.26. The number of rotatable bonds is 8. The molecule has 1 heterocycles. The number of hydrogen-bond donors (Lipinski definition) is 1. The van der Waals surface area contributed by atoms with Gasteiger partial charge >= 0.3 is 0 Å². The molecule has 2 aromatic carbocycles. The molecule has 1 unspecified atom stereocenters. The fourth-order valence-corrected chi connectivity index (χ4v) is 3.25. The minimum absolute atomic E-state index is 0. The van der Waals surface area contributed by atoms with Crippen molar-refractivity contribution in [2.75, 3.05) is 20.3 Å². The van der Waals surface area contributed by atoms with Crippen molar-refractivity contribution in [2.24, 2.45) is 0 Å². The summed E-state index contributed by atoms with van der Waals surface area (Å²) in [6, 6.07) is 10.2. The number of ether oxygens (including phenoxy) is 3. The summed E-state index contributed by atoms with van der Waals surface area (Å²) in [5, 5.41) is 3.82. The van der Waals surface area contributed by atoms with E-state index in [1.54, 1.807) is 25.3 Å². The van der Waals surface area contributed by atoms with Crippen molar-refractivity contribution in [3.05, 3.63) is 58.4 Å². The summed E-state index contributed by atoms with van der Waals surface area (Å²) in [4.78, 5) is 0. The van der Waals surface area contributed by atoms with E-state index in [9.17, 15) is 4.39 Å². The summed E-state index contributed by atoms with van der Waals surface area (Å²) in [5.74, 6) is 0.639. The minimum atomic E-state index is -0.308. The molecule has 2 aromatic rings. The first-order valence-corrected chi connectivity index (χ1v) is 9.10. The third kappa shape index (κ3) is 5.98. The first-order chi connectivity index (χ1) is 12.7. The van der Waals surface area contributed by atoms with Gasteiger partial charge in [-0.25, -0.2) is 4.39 Å². The molecule has 3 rings (SSSR count). The molecule has 148 valence electrons. The van der Waals surface area contributed by atoms with Crippen LogP contribution in [-0.4, -0.2) is 26.4 Å². The lowest BCUT2D eigenvalue weighted by atomic mass is 10.2. The molecule has 0 amide bonds. The van der Waals surface area contributed by atoms with Crippen LogP contribution in [0, 0.1) is 5.82 Å². The van der Waals surface area contributed by atoms with Gasteiger partial charge in [-0.2, -0.15) is 0 Å². The topological polar surface area (TPSA) is 39.7 Å². The predicted octanol–water partition coefficient (Wildman–Crippen LogP) is 1.34. The van der Waals surface area contributed by atoms with Crippen molar-refractivity contribution in [1.82, 2.24) is 5.32 Å². The lowest BCUT2D eigenvalue weighted by Crippen LogP contribution is -3.00. The van der Waals surface area contributed by atoms with Gasteiger partial charge in [0.1, 0.15) is 12.4 Å². The molecule has 1 aliphatic heterocycles.